The van der Waals surface area contributed by atoms with E-state index in [-0.39, 0.29) is 24.1 Å². The van der Waals surface area contributed by atoms with Crippen molar-refractivity contribution in [2.45, 2.75) is 20.8 Å². The standard InChI is InChI=1S/C24H25N3O4/c1-15-7-8-16(2)19(12-15)25-22(28)14-27(4)24(30)18-10-9-17(3)20(13-18)26-23(29)21-6-5-11-31-21/h5-13H,14H2,1-4H3,(H,25,28)(H,26,29). The maximum Gasteiger partial charge on any atom is 0.291 e. The molecule has 0 fully saturated rings. The van der Waals surface area contributed by atoms with Crippen molar-refractivity contribution in [2.24, 2.45) is 0 Å². The molecule has 160 valence electrons. The molecule has 0 aliphatic heterocycles. The summed E-state index contributed by atoms with van der Waals surface area (Å²) < 4.78 is 5.10. The number of benzene rings is 2. The van der Waals surface area contributed by atoms with Crippen molar-refractivity contribution < 1.29 is 18.8 Å². The summed E-state index contributed by atoms with van der Waals surface area (Å²) >= 11 is 0. The van der Waals surface area contributed by atoms with Gasteiger partial charge in [-0.1, -0.05) is 18.2 Å². The van der Waals surface area contributed by atoms with E-state index in [2.05, 4.69) is 10.6 Å². The van der Waals surface area contributed by atoms with E-state index in [9.17, 15) is 14.4 Å². The minimum absolute atomic E-state index is 0.103. The molecular formula is C24H25N3O4. The summed E-state index contributed by atoms with van der Waals surface area (Å²) in [6.45, 7) is 5.58. The van der Waals surface area contributed by atoms with Crippen LogP contribution in [0.5, 0.6) is 0 Å². The molecule has 0 aliphatic rings. The molecule has 7 heteroatoms. The average Bonchev–Trinajstić information content (AvgIpc) is 3.26. The molecule has 0 saturated heterocycles. The van der Waals surface area contributed by atoms with Crippen molar-refractivity contribution in [2.75, 3.05) is 24.2 Å². The first kappa shape index (κ1) is 21.8. The Morgan fingerprint density at radius 1 is 0.903 bits per heavy atom. The van der Waals surface area contributed by atoms with Crippen LogP contribution in [-0.4, -0.2) is 36.2 Å². The molecule has 2 aromatic carbocycles. The van der Waals surface area contributed by atoms with Gasteiger partial charge in [0.2, 0.25) is 5.91 Å². The number of carbonyl (C=O) groups excluding carboxylic acids is 3. The van der Waals surface area contributed by atoms with Gasteiger partial charge >= 0.3 is 0 Å². The summed E-state index contributed by atoms with van der Waals surface area (Å²) in [6, 6.07) is 14.0. The molecule has 7 nitrogen and oxygen atoms in total. The molecule has 0 unspecified atom stereocenters. The zero-order chi connectivity index (χ0) is 22.5. The second-order valence-electron chi connectivity index (χ2n) is 7.49. The lowest BCUT2D eigenvalue weighted by molar-refractivity contribution is -0.116. The molecule has 0 bridgehead atoms. The summed E-state index contributed by atoms with van der Waals surface area (Å²) in [5, 5.41) is 5.60. The monoisotopic (exact) mass is 419 g/mol. The third-order valence-corrected chi connectivity index (χ3v) is 4.87. The Kier molecular flexibility index (Phi) is 6.55. The number of furan rings is 1. The number of likely N-dealkylation sites (N-methyl/N-ethyl adjacent to an activating group) is 1. The van der Waals surface area contributed by atoms with Crippen molar-refractivity contribution in [3.63, 3.8) is 0 Å². The highest BCUT2D eigenvalue weighted by molar-refractivity contribution is 6.04. The van der Waals surface area contributed by atoms with E-state index in [0.29, 0.717) is 11.3 Å². The van der Waals surface area contributed by atoms with Gasteiger partial charge in [0.15, 0.2) is 5.76 Å². The first-order chi connectivity index (χ1) is 14.7. The van der Waals surface area contributed by atoms with Crippen molar-refractivity contribution in [3.8, 4) is 0 Å². The summed E-state index contributed by atoms with van der Waals surface area (Å²) in [5.41, 5.74) is 4.37. The molecule has 3 amide bonds. The first-order valence-electron chi connectivity index (χ1n) is 9.82. The fourth-order valence-corrected chi connectivity index (χ4v) is 3.05. The van der Waals surface area contributed by atoms with Crippen LogP contribution in [0.2, 0.25) is 0 Å². The highest BCUT2D eigenvalue weighted by Gasteiger charge is 2.18. The van der Waals surface area contributed by atoms with Gasteiger partial charge in [-0.25, -0.2) is 0 Å². The minimum atomic E-state index is -0.404. The smallest absolute Gasteiger partial charge is 0.291 e. The van der Waals surface area contributed by atoms with Gasteiger partial charge in [-0.15, -0.1) is 0 Å². The van der Waals surface area contributed by atoms with E-state index in [1.165, 1.54) is 11.2 Å². The van der Waals surface area contributed by atoms with Crippen LogP contribution in [0.4, 0.5) is 11.4 Å². The van der Waals surface area contributed by atoms with Crippen molar-refractivity contribution in [1.82, 2.24) is 4.90 Å². The first-order valence-corrected chi connectivity index (χ1v) is 9.82. The van der Waals surface area contributed by atoms with Gasteiger partial charge in [0.25, 0.3) is 11.8 Å². The summed E-state index contributed by atoms with van der Waals surface area (Å²) in [5.74, 6) is -0.845. The fraction of sp³-hybridized carbons (Fsp3) is 0.208. The minimum Gasteiger partial charge on any atom is -0.459 e. The van der Waals surface area contributed by atoms with E-state index >= 15 is 0 Å². The predicted octanol–water partition coefficient (Wildman–Crippen LogP) is 4.17. The topological polar surface area (TPSA) is 91.7 Å². The maximum absolute atomic E-state index is 12.8. The lowest BCUT2D eigenvalue weighted by atomic mass is 10.1. The second-order valence-corrected chi connectivity index (χ2v) is 7.49. The van der Waals surface area contributed by atoms with Gasteiger partial charge in [0.1, 0.15) is 0 Å². The van der Waals surface area contributed by atoms with E-state index in [4.69, 9.17) is 4.42 Å². The number of hydrogen-bond acceptors (Lipinski definition) is 4. The fourth-order valence-electron chi connectivity index (χ4n) is 3.05. The van der Waals surface area contributed by atoms with Crippen LogP contribution < -0.4 is 10.6 Å². The highest BCUT2D eigenvalue weighted by atomic mass is 16.3. The Bertz CT molecular complexity index is 1120. The number of amides is 3. The number of rotatable bonds is 6. The van der Waals surface area contributed by atoms with Crippen LogP contribution in [0.1, 0.15) is 37.6 Å². The third-order valence-electron chi connectivity index (χ3n) is 4.87. The molecular weight excluding hydrogens is 394 g/mol. The van der Waals surface area contributed by atoms with E-state index in [1.807, 2.05) is 39.0 Å². The van der Waals surface area contributed by atoms with Crippen LogP contribution in [0.3, 0.4) is 0 Å². The van der Waals surface area contributed by atoms with Gasteiger partial charge < -0.3 is 20.0 Å². The van der Waals surface area contributed by atoms with Crippen LogP contribution >= 0.6 is 0 Å². The second kappa shape index (κ2) is 9.30. The molecule has 31 heavy (non-hydrogen) atoms. The number of aryl methyl sites for hydroxylation is 3. The van der Waals surface area contributed by atoms with E-state index < -0.39 is 5.91 Å². The highest BCUT2D eigenvalue weighted by Crippen LogP contribution is 2.20. The van der Waals surface area contributed by atoms with Gasteiger partial charge in [0.05, 0.1) is 12.8 Å². The zero-order valence-electron chi connectivity index (χ0n) is 18.0. The zero-order valence-corrected chi connectivity index (χ0v) is 18.0. The molecule has 2 N–H and O–H groups in total. The lowest BCUT2D eigenvalue weighted by Gasteiger charge is -2.18. The Labute approximate surface area is 181 Å². The molecule has 0 radical (unpaired) electrons. The molecule has 3 rings (SSSR count). The Hall–Kier alpha value is -3.87. The van der Waals surface area contributed by atoms with Gasteiger partial charge in [-0.2, -0.15) is 0 Å². The lowest BCUT2D eigenvalue weighted by Crippen LogP contribution is -2.35. The van der Waals surface area contributed by atoms with E-state index in [1.54, 1.807) is 37.4 Å². The Balaban J connectivity index is 1.68. The van der Waals surface area contributed by atoms with Crippen LogP contribution in [0.15, 0.2) is 59.2 Å². The number of anilines is 2. The molecule has 3 aromatic rings. The van der Waals surface area contributed by atoms with Gasteiger partial charge in [-0.3, -0.25) is 14.4 Å². The predicted molar refractivity (Wildman–Crippen MR) is 119 cm³/mol. The maximum atomic E-state index is 12.8. The summed E-state index contributed by atoms with van der Waals surface area (Å²) in [4.78, 5) is 38.9. The number of carbonyl (C=O) groups is 3. The van der Waals surface area contributed by atoms with Crippen molar-refractivity contribution >= 4 is 29.1 Å². The molecule has 1 heterocycles. The molecule has 0 spiro atoms. The molecule has 0 aliphatic carbocycles. The average molecular weight is 419 g/mol. The molecule has 1 aromatic heterocycles. The molecule has 0 saturated carbocycles. The van der Waals surface area contributed by atoms with Crippen LogP contribution in [-0.2, 0) is 4.79 Å². The SMILES string of the molecule is Cc1ccc(C)c(NC(=O)CN(C)C(=O)c2ccc(C)c(NC(=O)c3ccco3)c2)c1. The summed E-state index contributed by atoms with van der Waals surface area (Å²) in [7, 11) is 1.56. The quantitative estimate of drug-likeness (QED) is 0.627. The number of nitrogens with one attached hydrogen (secondary N) is 2. The van der Waals surface area contributed by atoms with Crippen molar-refractivity contribution in [1.29, 1.82) is 0 Å². The largest absolute Gasteiger partial charge is 0.459 e. The van der Waals surface area contributed by atoms with Crippen LogP contribution in [0, 0.1) is 20.8 Å². The van der Waals surface area contributed by atoms with Crippen molar-refractivity contribution in [3.05, 3.63) is 82.8 Å². The Morgan fingerprint density at radius 3 is 2.26 bits per heavy atom. The van der Waals surface area contributed by atoms with Gasteiger partial charge in [0, 0.05) is 24.0 Å². The summed E-state index contributed by atoms with van der Waals surface area (Å²) in [6.07, 6.45) is 1.42. The number of nitrogens with zero attached hydrogens (tertiary/aromatic N) is 1. The van der Waals surface area contributed by atoms with E-state index in [0.717, 1.165) is 22.4 Å². The van der Waals surface area contributed by atoms with Gasteiger partial charge in [-0.05, 0) is 67.8 Å². The normalized spacial score (nSPS) is 10.5. The third kappa shape index (κ3) is 5.39. The van der Waals surface area contributed by atoms with Crippen LogP contribution in [0.25, 0.3) is 0 Å². The molecule has 0 atom stereocenters. The Morgan fingerprint density at radius 2 is 1.58 bits per heavy atom. The number of hydrogen-bond donors (Lipinski definition) is 2.